The van der Waals surface area contributed by atoms with Crippen LogP contribution < -0.4 is 21.5 Å². The van der Waals surface area contributed by atoms with Gasteiger partial charge in [0, 0.05) is 18.2 Å². The highest BCUT2D eigenvalue weighted by Gasteiger charge is 2.32. The molecule has 1 saturated carbocycles. The predicted molar refractivity (Wildman–Crippen MR) is 89.0 cm³/mol. The van der Waals surface area contributed by atoms with E-state index in [1.54, 1.807) is 24.3 Å². The van der Waals surface area contributed by atoms with Crippen molar-refractivity contribution < 1.29 is 14.3 Å². The lowest BCUT2D eigenvalue weighted by Gasteiger charge is -2.35. The van der Waals surface area contributed by atoms with Crippen molar-refractivity contribution in [3.05, 3.63) is 24.3 Å². The van der Waals surface area contributed by atoms with Gasteiger partial charge >= 0.3 is 0 Å². The second kappa shape index (κ2) is 7.97. The van der Waals surface area contributed by atoms with E-state index in [1.807, 2.05) is 0 Å². The summed E-state index contributed by atoms with van der Waals surface area (Å²) in [5.74, 6) is -0.0844. The number of nitrogens with two attached hydrogens (primary N) is 2. The minimum Gasteiger partial charge on any atom is -0.484 e. The van der Waals surface area contributed by atoms with Gasteiger partial charge in [0.1, 0.15) is 5.75 Å². The van der Waals surface area contributed by atoms with Gasteiger partial charge in [-0.25, -0.2) is 0 Å². The molecular weight excluding hydrogens is 294 g/mol. The highest BCUT2D eigenvalue weighted by molar-refractivity contribution is 5.91. The van der Waals surface area contributed by atoms with Crippen molar-refractivity contribution in [2.75, 3.05) is 18.5 Å². The highest BCUT2D eigenvalue weighted by Crippen LogP contribution is 2.38. The molecule has 1 aromatic rings. The lowest BCUT2D eigenvalue weighted by Crippen LogP contribution is -2.36. The van der Waals surface area contributed by atoms with Gasteiger partial charge in [-0.1, -0.05) is 25.3 Å². The maximum atomic E-state index is 12.3. The Morgan fingerprint density at radius 3 is 2.61 bits per heavy atom. The quantitative estimate of drug-likeness (QED) is 0.712. The van der Waals surface area contributed by atoms with Crippen molar-refractivity contribution in [2.24, 2.45) is 16.9 Å². The van der Waals surface area contributed by atoms with Crippen LogP contribution in [0.5, 0.6) is 5.75 Å². The fourth-order valence-electron chi connectivity index (χ4n) is 3.12. The largest absolute Gasteiger partial charge is 0.484 e. The second-order valence-electron chi connectivity index (χ2n) is 6.27. The number of ether oxygens (including phenoxy) is 1. The molecule has 0 saturated heterocycles. The minimum absolute atomic E-state index is 0.0376. The number of carbonyl (C=O) groups excluding carboxylic acids is 2. The first-order valence-electron chi connectivity index (χ1n) is 8.04. The molecule has 0 aliphatic heterocycles. The fourth-order valence-corrected chi connectivity index (χ4v) is 3.12. The monoisotopic (exact) mass is 319 g/mol. The van der Waals surface area contributed by atoms with Gasteiger partial charge in [0.2, 0.25) is 5.91 Å². The summed E-state index contributed by atoms with van der Waals surface area (Å²) in [4.78, 5) is 23.1. The van der Waals surface area contributed by atoms with Crippen molar-refractivity contribution in [1.29, 1.82) is 0 Å². The second-order valence-corrected chi connectivity index (χ2v) is 6.27. The van der Waals surface area contributed by atoms with Crippen molar-refractivity contribution in [3.8, 4) is 5.75 Å². The van der Waals surface area contributed by atoms with E-state index in [2.05, 4.69) is 5.32 Å². The minimum atomic E-state index is -0.540. The highest BCUT2D eigenvalue weighted by atomic mass is 16.5. The van der Waals surface area contributed by atoms with Crippen LogP contribution in [-0.4, -0.2) is 25.0 Å². The van der Waals surface area contributed by atoms with Crippen LogP contribution in [0.25, 0.3) is 0 Å². The van der Waals surface area contributed by atoms with Crippen molar-refractivity contribution in [3.63, 3.8) is 0 Å². The molecule has 0 radical (unpaired) electrons. The van der Waals surface area contributed by atoms with E-state index in [0.717, 1.165) is 25.7 Å². The van der Waals surface area contributed by atoms with Crippen molar-refractivity contribution >= 4 is 17.5 Å². The third-order valence-corrected chi connectivity index (χ3v) is 4.38. The normalized spacial score (nSPS) is 16.6. The summed E-state index contributed by atoms with van der Waals surface area (Å²) in [5.41, 5.74) is 11.5. The number of rotatable bonds is 7. The number of carbonyl (C=O) groups is 2. The predicted octanol–water partition coefficient (Wildman–Crippen LogP) is 1.79. The number of primary amides is 1. The van der Waals surface area contributed by atoms with E-state index >= 15 is 0 Å². The summed E-state index contributed by atoms with van der Waals surface area (Å²) < 4.78 is 5.23. The van der Waals surface area contributed by atoms with Gasteiger partial charge in [-0.2, -0.15) is 0 Å². The number of nitrogens with one attached hydrogen (secondary N) is 1. The Balaban J connectivity index is 1.94. The zero-order valence-electron chi connectivity index (χ0n) is 13.3. The molecule has 0 heterocycles. The summed E-state index contributed by atoms with van der Waals surface area (Å²) in [5, 5.41) is 2.89. The van der Waals surface area contributed by atoms with Crippen molar-refractivity contribution in [2.45, 2.75) is 38.5 Å². The van der Waals surface area contributed by atoms with Gasteiger partial charge in [-0.3, -0.25) is 9.59 Å². The molecule has 0 spiro atoms. The first kappa shape index (κ1) is 17.3. The van der Waals surface area contributed by atoms with Gasteiger partial charge in [-0.15, -0.1) is 0 Å². The Kier molecular flexibility index (Phi) is 5.98. The molecule has 1 fully saturated rings. The summed E-state index contributed by atoms with van der Waals surface area (Å²) in [7, 11) is 0. The average Bonchev–Trinajstić information content (AvgIpc) is 2.54. The molecular formula is C17H25N3O3. The molecule has 0 aromatic heterocycles. The molecule has 6 heteroatoms. The van der Waals surface area contributed by atoms with Crippen LogP contribution in [0.2, 0.25) is 0 Å². The third kappa shape index (κ3) is 5.25. The third-order valence-electron chi connectivity index (χ3n) is 4.38. The molecule has 126 valence electrons. The van der Waals surface area contributed by atoms with Crippen LogP contribution in [0.1, 0.15) is 38.5 Å². The molecule has 0 bridgehead atoms. The van der Waals surface area contributed by atoms with Gasteiger partial charge in [0.05, 0.1) is 0 Å². The lowest BCUT2D eigenvalue weighted by atomic mass is 9.71. The van der Waals surface area contributed by atoms with E-state index < -0.39 is 5.91 Å². The zero-order chi connectivity index (χ0) is 16.7. The topological polar surface area (TPSA) is 107 Å². The van der Waals surface area contributed by atoms with Crippen molar-refractivity contribution in [1.82, 2.24) is 0 Å². The smallest absolute Gasteiger partial charge is 0.255 e. The van der Waals surface area contributed by atoms with Gasteiger partial charge in [0.15, 0.2) is 6.61 Å². The van der Waals surface area contributed by atoms with Crippen LogP contribution in [0, 0.1) is 5.41 Å². The Bertz CT molecular complexity index is 554. The molecule has 23 heavy (non-hydrogen) atoms. The Morgan fingerprint density at radius 1 is 1.22 bits per heavy atom. The van der Waals surface area contributed by atoms with Crippen LogP contribution in [-0.2, 0) is 9.59 Å². The molecule has 6 nitrogen and oxygen atoms in total. The van der Waals surface area contributed by atoms with Crippen LogP contribution in [0.3, 0.4) is 0 Å². The average molecular weight is 319 g/mol. The SMILES string of the molecule is NCC1(CC(=O)Nc2cccc(OCC(N)=O)c2)CCCCC1. The number of hydrogen-bond donors (Lipinski definition) is 3. The summed E-state index contributed by atoms with van der Waals surface area (Å²) in [6.45, 7) is 0.357. The van der Waals surface area contributed by atoms with E-state index in [1.165, 1.54) is 6.42 Å². The van der Waals surface area contributed by atoms with E-state index in [9.17, 15) is 9.59 Å². The molecule has 1 aliphatic carbocycles. The Hall–Kier alpha value is -2.08. The summed E-state index contributed by atoms with van der Waals surface area (Å²) in [6.07, 6.45) is 5.97. The molecule has 0 atom stereocenters. The fraction of sp³-hybridized carbons (Fsp3) is 0.529. The van der Waals surface area contributed by atoms with E-state index in [4.69, 9.17) is 16.2 Å². The van der Waals surface area contributed by atoms with Gasteiger partial charge < -0.3 is 21.5 Å². The zero-order valence-corrected chi connectivity index (χ0v) is 13.3. The lowest BCUT2D eigenvalue weighted by molar-refractivity contribution is -0.120. The summed E-state index contributed by atoms with van der Waals surface area (Å²) in [6, 6.07) is 6.92. The first-order valence-corrected chi connectivity index (χ1v) is 8.04. The number of benzene rings is 1. The number of anilines is 1. The van der Waals surface area contributed by atoms with Crippen LogP contribution >= 0.6 is 0 Å². The first-order chi connectivity index (χ1) is 11.0. The van der Waals surface area contributed by atoms with Crippen LogP contribution in [0.15, 0.2) is 24.3 Å². The Labute approximate surface area is 136 Å². The molecule has 5 N–H and O–H groups in total. The Morgan fingerprint density at radius 2 is 1.96 bits per heavy atom. The molecule has 1 aromatic carbocycles. The number of amides is 2. The number of hydrogen-bond acceptors (Lipinski definition) is 4. The maximum Gasteiger partial charge on any atom is 0.255 e. The van der Waals surface area contributed by atoms with Crippen LogP contribution in [0.4, 0.5) is 5.69 Å². The molecule has 1 aliphatic rings. The van der Waals surface area contributed by atoms with E-state index in [-0.39, 0.29) is 17.9 Å². The maximum absolute atomic E-state index is 12.3. The van der Waals surface area contributed by atoms with E-state index in [0.29, 0.717) is 24.4 Å². The van der Waals surface area contributed by atoms with Gasteiger partial charge in [-0.05, 0) is 36.9 Å². The molecule has 0 unspecified atom stereocenters. The standard InChI is InChI=1S/C17H25N3O3/c18-12-17(7-2-1-3-8-17)10-16(22)20-13-5-4-6-14(9-13)23-11-15(19)21/h4-6,9H,1-3,7-8,10-12,18H2,(H2,19,21)(H,20,22). The van der Waals surface area contributed by atoms with Gasteiger partial charge in [0.25, 0.3) is 5.91 Å². The molecule has 2 rings (SSSR count). The summed E-state index contributed by atoms with van der Waals surface area (Å²) >= 11 is 0. The molecule has 2 amide bonds.